The number of anilines is 2. The number of carbonyl (C=O) groups excluding carboxylic acids is 1. The molecule has 1 fully saturated rings. The van der Waals surface area contributed by atoms with Gasteiger partial charge in [0.25, 0.3) is 0 Å². The molecule has 0 unspecified atom stereocenters. The standard InChI is InChI=1S/C20H27N5O3S/c1-3-24(4-2)17-6-5-15(18(26)12-17)13-21-23-19(27)11-16-14-29-20(22-16)25-7-9-28-10-8-25/h5-6,12-14,26H,3-4,7-11H2,1-2H3,(H,23,27)/b21-13+. The summed E-state index contributed by atoms with van der Waals surface area (Å²) in [6.45, 7) is 8.90. The average molecular weight is 418 g/mol. The summed E-state index contributed by atoms with van der Waals surface area (Å²) in [6, 6.07) is 5.42. The maximum atomic E-state index is 12.1. The molecule has 156 valence electrons. The Labute approximate surface area is 174 Å². The molecule has 2 N–H and O–H groups in total. The van der Waals surface area contributed by atoms with Crippen molar-refractivity contribution in [2.75, 3.05) is 49.2 Å². The quantitative estimate of drug-likeness (QED) is 0.506. The van der Waals surface area contributed by atoms with E-state index in [0.717, 1.165) is 42.7 Å². The Balaban J connectivity index is 1.52. The Morgan fingerprint density at radius 1 is 1.38 bits per heavy atom. The van der Waals surface area contributed by atoms with Crippen molar-refractivity contribution in [3.63, 3.8) is 0 Å². The predicted octanol–water partition coefficient (Wildman–Crippen LogP) is 2.22. The largest absolute Gasteiger partial charge is 0.507 e. The summed E-state index contributed by atoms with van der Waals surface area (Å²) >= 11 is 1.53. The van der Waals surface area contributed by atoms with Gasteiger partial charge in [0.1, 0.15) is 5.75 Å². The second kappa shape index (κ2) is 10.2. The van der Waals surface area contributed by atoms with E-state index in [2.05, 4.69) is 39.2 Å². The number of thiazole rings is 1. The van der Waals surface area contributed by atoms with Crippen LogP contribution in [0.15, 0.2) is 28.7 Å². The molecule has 0 bridgehead atoms. The van der Waals surface area contributed by atoms with Crippen LogP contribution in [0.4, 0.5) is 10.8 Å². The molecule has 2 heterocycles. The fraction of sp³-hybridized carbons (Fsp3) is 0.450. The molecule has 29 heavy (non-hydrogen) atoms. The Morgan fingerprint density at radius 3 is 2.83 bits per heavy atom. The van der Waals surface area contributed by atoms with Crippen LogP contribution in [0.3, 0.4) is 0 Å². The lowest BCUT2D eigenvalue weighted by Crippen LogP contribution is -2.36. The van der Waals surface area contributed by atoms with Gasteiger partial charge in [-0.3, -0.25) is 4.79 Å². The molecule has 1 amide bonds. The predicted molar refractivity (Wildman–Crippen MR) is 116 cm³/mol. The number of nitrogens with one attached hydrogen (secondary N) is 1. The maximum absolute atomic E-state index is 12.1. The van der Waals surface area contributed by atoms with Crippen molar-refractivity contribution in [1.82, 2.24) is 10.4 Å². The van der Waals surface area contributed by atoms with Gasteiger partial charge in [0, 0.05) is 48.9 Å². The van der Waals surface area contributed by atoms with E-state index in [1.165, 1.54) is 17.6 Å². The molecule has 8 nitrogen and oxygen atoms in total. The molecule has 0 aliphatic carbocycles. The third kappa shape index (κ3) is 5.68. The lowest BCUT2D eigenvalue weighted by atomic mass is 10.2. The van der Waals surface area contributed by atoms with Gasteiger partial charge < -0.3 is 19.6 Å². The minimum atomic E-state index is -0.251. The normalized spacial score (nSPS) is 14.3. The Bertz CT molecular complexity index is 844. The van der Waals surface area contributed by atoms with Gasteiger partial charge in [-0.2, -0.15) is 5.10 Å². The van der Waals surface area contributed by atoms with Crippen molar-refractivity contribution in [3.05, 3.63) is 34.8 Å². The number of hydrazone groups is 1. The SMILES string of the molecule is CCN(CC)c1ccc(/C=N/NC(=O)Cc2csc(N3CCOCC3)n2)c(O)c1. The third-order valence-corrected chi connectivity index (χ3v) is 5.65. The van der Waals surface area contributed by atoms with Crippen LogP contribution in [-0.2, 0) is 16.0 Å². The van der Waals surface area contributed by atoms with Gasteiger partial charge in [-0.15, -0.1) is 11.3 Å². The molecule has 0 atom stereocenters. The van der Waals surface area contributed by atoms with E-state index in [1.54, 1.807) is 12.1 Å². The number of rotatable bonds is 8. The smallest absolute Gasteiger partial charge is 0.246 e. The van der Waals surface area contributed by atoms with Crippen LogP contribution in [0.2, 0.25) is 0 Å². The number of benzene rings is 1. The molecule has 1 aromatic carbocycles. The number of hydrogen-bond acceptors (Lipinski definition) is 8. The molecular weight excluding hydrogens is 390 g/mol. The van der Waals surface area contributed by atoms with Gasteiger partial charge in [-0.25, -0.2) is 10.4 Å². The number of ether oxygens (including phenoxy) is 1. The molecule has 0 saturated carbocycles. The first-order valence-corrected chi connectivity index (χ1v) is 10.7. The van der Waals surface area contributed by atoms with Crippen molar-refractivity contribution in [2.45, 2.75) is 20.3 Å². The molecule has 1 aliphatic rings. The molecule has 0 radical (unpaired) electrons. The Kier molecular flexibility index (Phi) is 7.42. The van der Waals surface area contributed by atoms with E-state index in [9.17, 15) is 9.90 Å². The number of carbonyl (C=O) groups is 1. The van der Waals surface area contributed by atoms with Gasteiger partial charge in [0.2, 0.25) is 5.91 Å². The van der Waals surface area contributed by atoms with Gasteiger partial charge >= 0.3 is 0 Å². The molecule has 1 aliphatic heterocycles. The van der Waals surface area contributed by atoms with Crippen LogP contribution in [0, 0.1) is 0 Å². The van der Waals surface area contributed by atoms with E-state index in [4.69, 9.17) is 4.74 Å². The van der Waals surface area contributed by atoms with E-state index in [-0.39, 0.29) is 18.1 Å². The van der Waals surface area contributed by atoms with E-state index in [1.807, 2.05) is 11.4 Å². The van der Waals surface area contributed by atoms with Gasteiger partial charge in [-0.05, 0) is 26.0 Å². The monoisotopic (exact) mass is 417 g/mol. The molecule has 3 rings (SSSR count). The molecular formula is C20H27N5O3S. The summed E-state index contributed by atoms with van der Waals surface area (Å²) in [5, 5.41) is 17.0. The van der Waals surface area contributed by atoms with Gasteiger partial charge in [0.05, 0.1) is 31.5 Å². The molecule has 2 aromatic rings. The number of phenols is 1. The second-order valence-electron chi connectivity index (χ2n) is 6.61. The van der Waals surface area contributed by atoms with Crippen molar-refractivity contribution in [3.8, 4) is 5.75 Å². The molecule has 1 aromatic heterocycles. The fourth-order valence-electron chi connectivity index (χ4n) is 3.08. The first-order valence-electron chi connectivity index (χ1n) is 9.77. The van der Waals surface area contributed by atoms with Crippen LogP contribution in [0.25, 0.3) is 0 Å². The van der Waals surface area contributed by atoms with E-state index < -0.39 is 0 Å². The Morgan fingerprint density at radius 2 is 2.14 bits per heavy atom. The maximum Gasteiger partial charge on any atom is 0.246 e. The minimum absolute atomic E-state index is 0.127. The van der Waals surface area contributed by atoms with E-state index in [0.29, 0.717) is 18.8 Å². The zero-order valence-electron chi connectivity index (χ0n) is 16.8. The summed E-state index contributed by atoms with van der Waals surface area (Å²) in [5.41, 5.74) is 4.71. The van der Waals surface area contributed by atoms with Gasteiger partial charge in [-0.1, -0.05) is 0 Å². The van der Waals surface area contributed by atoms with Crippen molar-refractivity contribution in [1.29, 1.82) is 0 Å². The van der Waals surface area contributed by atoms with Crippen LogP contribution >= 0.6 is 11.3 Å². The fourth-order valence-corrected chi connectivity index (χ4v) is 3.96. The molecule has 9 heteroatoms. The van der Waals surface area contributed by atoms with Crippen LogP contribution in [-0.4, -0.2) is 61.6 Å². The number of aromatic hydroxyl groups is 1. The van der Waals surface area contributed by atoms with Crippen LogP contribution < -0.4 is 15.2 Å². The highest BCUT2D eigenvalue weighted by molar-refractivity contribution is 7.13. The molecule has 1 saturated heterocycles. The number of nitrogens with zero attached hydrogens (tertiary/aromatic N) is 4. The summed E-state index contributed by atoms with van der Waals surface area (Å²) in [5.74, 6) is -0.124. The summed E-state index contributed by atoms with van der Waals surface area (Å²) < 4.78 is 5.35. The Hall–Kier alpha value is -2.65. The van der Waals surface area contributed by atoms with Crippen molar-refractivity contribution < 1.29 is 14.6 Å². The zero-order chi connectivity index (χ0) is 20.6. The molecule has 0 spiro atoms. The minimum Gasteiger partial charge on any atom is -0.507 e. The highest BCUT2D eigenvalue weighted by Crippen LogP contribution is 2.24. The average Bonchev–Trinajstić information content (AvgIpc) is 3.19. The van der Waals surface area contributed by atoms with Crippen LogP contribution in [0.1, 0.15) is 25.1 Å². The first-order chi connectivity index (χ1) is 14.1. The lowest BCUT2D eigenvalue weighted by molar-refractivity contribution is -0.120. The number of hydrogen-bond donors (Lipinski definition) is 2. The summed E-state index contributed by atoms with van der Waals surface area (Å²) in [7, 11) is 0. The lowest BCUT2D eigenvalue weighted by Gasteiger charge is -2.26. The second-order valence-corrected chi connectivity index (χ2v) is 7.44. The topological polar surface area (TPSA) is 90.3 Å². The van der Waals surface area contributed by atoms with Crippen LogP contribution in [0.5, 0.6) is 5.75 Å². The number of phenolic OH excluding ortho intramolecular Hbond substituents is 1. The first kappa shape index (κ1) is 21.1. The number of amides is 1. The van der Waals surface area contributed by atoms with E-state index >= 15 is 0 Å². The van der Waals surface area contributed by atoms with Crippen molar-refractivity contribution in [2.24, 2.45) is 5.10 Å². The third-order valence-electron chi connectivity index (χ3n) is 4.70. The zero-order valence-corrected chi connectivity index (χ0v) is 17.6. The summed E-state index contributed by atoms with van der Waals surface area (Å²) in [6.07, 6.45) is 1.60. The highest BCUT2D eigenvalue weighted by atomic mass is 32.1. The summed E-state index contributed by atoms with van der Waals surface area (Å²) in [4.78, 5) is 21.0. The highest BCUT2D eigenvalue weighted by Gasteiger charge is 2.15. The number of aromatic nitrogens is 1. The number of morpholine rings is 1. The van der Waals surface area contributed by atoms with Crippen molar-refractivity contribution >= 4 is 34.3 Å². The van der Waals surface area contributed by atoms with Gasteiger partial charge in [0.15, 0.2) is 5.13 Å².